The Balaban J connectivity index is 1.55. The number of rotatable bonds is 7. The van der Waals surface area contributed by atoms with Crippen LogP contribution < -0.4 is 4.74 Å². The second-order valence-corrected chi connectivity index (χ2v) is 8.58. The van der Waals surface area contributed by atoms with Gasteiger partial charge < -0.3 is 4.74 Å². The van der Waals surface area contributed by atoms with Gasteiger partial charge in [0.15, 0.2) is 0 Å². The van der Waals surface area contributed by atoms with Crippen LogP contribution in [0.2, 0.25) is 0 Å². The normalized spacial score (nSPS) is 21.6. The van der Waals surface area contributed by atoms with E-state index in [1.165, 1.54) is 12.7 Å². The van der Waals surface area contributed by atoms with Crippen LogP contribution in [0.4, 0.5) is 0 Å². The zero-order valence-corrected chi connectivity index (χ0v) is 14.5. The molecule has 0 aromatic heterocycles. The lowest BCUT2D eigenvalue weighted by molar-refractivity contribution is 0.239. The van der Waals surface area contributed by atoms with Crippen molar-refractivity contribution in [3.63, 3.8) is 0 Å². The van der Waals surface area contributed by atoms with E-state index in [0.29, 0.717) is 12.5 Å². The Morgan fingerprint density at radius 2 is 1.87 bits per heavy atom. The minimum absolute atomic E-state index is 0.195. The SMILES string of the molecule is CS(=O)(=O)N(Cc1ccc(OCC2CC=CCC2)cc1)C1CC1. The molecule has 1 atom stereocenters. The summed E-state index contributed by atoms with van der Waals surface area (Å²) in [7, 11) is -3.14. The number of benzene rings is 1. The van der Waals surface area contributed by atoms with E-state index < -0.39 is 10.0 Å². The quantitative estimate of drug-likeness (QED) is 0.718. The Labute approximate surface area is 139 Å². The number of sulfonamides is 1. The molecule has 0 bridgehead atoms. The van der Waals surface area contributed by atoms with E-state index in [9.17, 15) is 8.42 Å². The molecule has 2 aliphatic carbocycles. The van der Waals surface area contributed by atoms with E-state index in [1.807, 2.05) is 24.3 Å². The lowest BCUT2D eigenvalue weighted by Gasteiger charge is -2.20. The molecule has 0 heterocycles. The van der Waals surface area contributed by atoms with Gasteiger partial charge in [-0.1, -0.05) is 24.3 Å². The van der Waals surface area contributed by atoms with E-state index in [2.05, 4.69) is 12.2 Å². The Morgan fingerprint density at radius 1 is 1.13 bits per heavy atom. The molecule has 1 fully saturated rings. The molecular weight excluding hydrogens is 310 g/mol. The number of hydrogen-bond donors (Lipinski definition) is 0. The lowest BCUT2D eigenvalue weighted by atomic mass is 9.95. The van der Waals surface area contributed by atoms with E-state index in [1.54, 1.807) is 4.31 Å². The summed E-state index contributed by atoms with van der Waals surface area (Å²) >= 11 is 0. The van der Waals surface area contributed by atoms with E-state index >= 15 is 0 Å². The van der Waals surface area contributed by atoms with Crippen LogP contribution in [-0.2, 0) is 16.6 Å². The van der Waals surface area contributed by atoms with Gasteiger partial charge in [-0.05, 0) is 55.7 Å². The molecule has 0 aliphatic heterocycles. The van der Waals surface area contributed by atoms with Crippen molar-refractivity contribution >= 4 is 10.0 Å². The first kappa shape index (κ1) is 16.5. The van der Waals surface area contributed by atoms with E-state index in [0.717, 1.165) is 43.6 Å². The summed E-state index contributed by atoms with van der Waals surface area (Å²) in [6.45, 7) is 1.21. The monoisotopic (exact) mass is 335 g/mol. The number of nitrogens with zero attached hydrogens (tertiary/aromatic N) is 1. The van der Waals surface area contributed by atoms with Crippen LogP contribution in [0.3, 0.4) is 0 Å². The van der Waals surface area contributed by atoms with Gasteiger partial charge in [0.25, 0.3) is 0 Å². The molecule has 23 heavy (non-hydrogen) atoms. The Morgan fingerprint density at radius 3 is 2.43 bits per heavy atom. The predicted octanol–water partition coefficient (Wildman–Crippen LogP) is 3.35. The van der Waals surface area contributed by atoms with Crippen LogP contribution in [0.25, 0.3) is 0 Å². The van der Waals surface area contributed by atoms with Gasteiger partial charge in [0, 0.05) is 12.6 Å². The molecule has 1 unspecified atom stereocenters. The molecule has 0 N–H and O–H groups in total. The highest BCUT2D eigenvalue weighted by atomic mass is 32.2. The molecule has 0 saturated heterocycles. The van der Waals surface area contributed by atoms with E-state index in [4.69, 9.17) is 4.74 Å². The fraction of sp³-hybridized carbons (Fsp3) is 0.556. The van der Waals surface area contributed by atoms with Gasteiger partial charge in [-0.3, -0.25) is 0 Å². The second kappa shape index (κ2) is 7.05. The maximum absolute atomic E-state index is 11.9. The highest BCUT2D eigenvalue weighted by molar-refractivity contribution is 7.88. The molecule has 1 aromatic carbocycles. The second-order valence-electron chi connectivity index (χ2n) is 6.64. The number of hydrogen-bond acceptors (Lipinski definition) is 3. The topological polar surface area (TPSA) is 46.6 Å². The Kier molecular flexibility index (Phi) is 5.07. The molecule has 0 amide bonds. The van der Waals surface area contributed by atoms with Crippen molar-refractivity contribution in [1.29, 1.82) is 0 Å². The summed E-state index contributed by atoms with van der Waals surface area (Å²) in [6.07, 6.45) is 11.2. The summed E-state index contributed by atoms with van der Waals surface area (Å²) in [5, 5.41) is 0. The first-order chi connectivity index (χ1) is 11.0. The fourth-order valence-corrected chi connectivity index (χ4v) is 4.11. The van der Waals surface area contributed by atoms with Gasteiger partial charge in [0.2, 0.25) is 10.0 Å². The summed E-state index contributed by atoms with van der Waals surface area (Å²) in [4.78, 5) is 0. The minimum Gasteiger partial charge on any atom is -0.493 e. The first-order valence-corrected chi connectivity index (χ1v) is 10.2. The van der Waals surface area contributed by atoms with Gasteiger partial charge in [-0.15, -0.1) is 0 Å². The van der Waals surface area contributed by atoms with Crippen LogP contribution in [-0.4, -0.2) is 31.6 Å². The van der Waals surface area contributed by atoms with Crippen molar-refractivity contribution in [3.05, 3.63) is 42.0 Å². The smallest absolute Gasteiger partial charge is 0.211 e. The predicted molar refractivity (Wildman–Crippen MR) is 91.8 cm³/mol. The zero-order valence-electron chi connectivity index (χ0n) is 13.6. The van der Waals surface area contributed by atoms with Crippen LogP contribution in [0, 0.1) is 5.92 Å². The van der Waals surface area contributed by atoms with Crippen molar-refractivity contribution in [2.45, 2.75) is 44.7 Å². The molecule has 5 heteroatoms. The van der Waals surface area contributed by atoms with Crippen molar-refractivity contribution in [1.82, 2.24) is 4.31 Å². The third-order valence-electron chi connectivity index (χ3n) is 4.51. The van der Waals surface area contributed by atoms with Gasteiger partial charge in [0.05, 0.1) is 12.9 Å². The molecule has 126 valence electrons. The van der Waals surface area contributed by atoms with Gasteiger partial charge in [-0.2, -0.15) is 4.31 Å². The van der Waals surface area contributed by atoms with Crippen molar-refractivity contribution in [2.24, 2.45) is 5.92 Å². The molecule has 2 aliphatic rings. The maximum atomic E-state index is 11.9. The third-order valence-corrected chi connectivity index (χ3v) is 5.78. The van der Waals surface area contributed by atoms with Gasteiger partial charge in [0.1, 0.15) is 5.75 Å². The van der Waals surface area contributed by atoms with Crippen LogP contribution in [0.15, 0.2) is 36.4 Å². The van der Waals surface area contributed by atoms with Crippen LogP contribution >= 0.6 is 0 Å². The minimum atomic E-state index is -3.14. The van der Waals surface area contributed by atoms with Gasteiger partial charge >= 0.3 is 0 Å². The highest BCUT2D eigenvalue weighted by Crippen LogP contribution is 2.30. The standard InChI is InChI=1S/C18H25NO3S/c1-23(20,21)19(17-9-10-17)13-15-7-11-18(12-8-15)22-14-16-5-3-2-4-6-16/h2-3,7-8,11-12,16-17H,4-6,9-10,13-14H2,1H3. The average Bonchev–Trinajstić information content (AvgIpc) is 3.36. The molecule has 3 rings (SSSR count). The Bertz CT molecular complexity index is 647. The first-order valence-electron chi connectivity index (χ1n) is 8.36. The fourth-order valence-electron chi connectivity index (χ4n) is 2.97. The molecular formula is C18H25NO3S. The summed E-state index contributed by atoms with van der Waals surface area (Å²) in [6, 6.07) is 8.02. The third kappa shape index (κ3) is 4.82. The molecule has 0 radical (unpaired) electrons. The maximum Gasteiger partial charge on any atom is 0.211 e. The van der Waals surface area contributed by atoms with Crippen LogP contribution in [0.5, 0.6) is 5.75 Å². The van der Waals surface area contributed by atoms with Crippen molar-refractivity contribution in [3.8, 4) is 5.75 Å². The molecule has 4 nitrogen and oxygen atoms in total. The van der Waals surface area contributed by atoms with Crippen molar-refractivity contribution < 1.29 is 13.2 Å². The average molecular weight is 335 g/mol. The van der Waals surface area contributed by atoms with Crippen molar-refractivity contribution in [2.75, 3.05) is 12.9 Å². The molecule has 1 aromatic rings. The van der Waals surface area contributed by atoms with E-state index in [-0.39, 0.29) is 6.04 Å². The van der Waals surface area contributed by atoms with Crippen LogP contribution in [0.1, 0.15) is 37.7 Å². The Hall–Kier alpha value is -1.33. The summed E-state index contributed by atoms with van der Waals surface area (Å²) < 4.78 is 31.2. The molecule has 1 saturated carbocycles. The molecule has 0 spiro atoms. The summed E-state index contributed by atoms with van der Waals surface area (Å²) in [5.74, 6) is 1.47. The summed E-state index contributed by atoms with van der Waals surface area (Å²) in [5.41, 5.74) is 1.01. The largest absolute Gasteiger partial charge is 0.493 e. The highest BCUT2D eigenvalue weighted by Gasteiger charge is 2.34. The lowest BCUT2D eigenvalue weighted by Crippen LogP contribution is -2.31. The van der Waals surface area contributed by atoms with Gasteiger partial charge in [-0.25, -0.2) is 8.42 Å². The number of allylic oxidation sites excluding steroid dienone is 2. The number of ether oxygens (including phenoxy) is 1. The zero-order chi connectivity index (χ0) is 16.3.